The van der Waals surface area contributed by atoms with Gasteiger partial charge in [-0.2, -0.15) is 10.2 Å². The van der Waals surface area contributed by atoms with E-state index in [-0.39, 0.29) is 5.28 Å². The van der Waals surface area contributed by atoms with Crippen LogP contribution in [0.4, 0.5) is 5.82 Å². The molecule has 0 saturated heterocycles. The number of hydrogen-bond donors (Lipinski definition) is 0. The Morgan fingerprint density at radius 2 is 2.29 bits per heavy atom. The topological polar surface area (TPSA) is 52.8 Å². The van der Waals surface area contributed by atoms with Crippen LogP contribution in [0.25, 0.3) is 0 Å². The van der Waals surface area contributed by atoms with E-state index in [0.29, 0.717) is 23.8 Å². The molecule has 0 fully saturated rings. The van der Waals surface area contributed by atoms with Crippen LogP contribution in [-0.2, 0) is 0 Å². The van der Waals surface area contributed by atoms with E-state index in [1.165, 1.54) is 6.20 Å². The summed E-state index contributed by atoms with van der Waals surface area (Å²) in [7, 11) is 1.79. The third-order valence-electron chi connectivity index (χ3n) is 1.62. The second-order valence-corrected chi connectivity index (χ2v) is 3.39. The van der Waals surface area contributed by atoms with Crippen molar-refractivity contribution in [2.45, 2.75) is 6.42 Å². The molecule has 0 N–H and O–H groups in total. The molecule has 4 nitrogen and oxygen atoms in total. The van der Waals surface area contributed by atoms with Crippen molar-refractivity contribution in [2.75, 3.05) is 18.5 Å². The Balaban J connectivity index is 2.83. The molecular weight excluding hydrogens is 223 g/mol. The minimum atomic E-state index is 0.146. The summed E-state index contributed by atoms with van der Waals surface area (Å²) in [6.07, 6.45) is 1.85. The van der Waals surface area contributed by atoms with Gasteiger partial charge in [0.2, 0.25) is 5.28 Å². The lowest BCUT2D eigenvalue weighted by Crippen LogP contribution is -2.19. The summed E-state index contributed by atoms with van der Waals surface area (Å²) in [5.41, 5.74) is 0. The summed E-state index contributed by atoms with van der Waals surface area (Å²) in [4.78, 5) is 9.46. The van der Waals surface area contributed by atoms with Gasteiger partial charge in [0, 0.05) is 13.6 Å². The molecule has 1 aromatic heterocycles. The van der Waals surface area contributed by atoms with Crippen LogP contribution < -0.4 is 4.90 Å². The Bertz CT molecular complexity index is 361. The maximum atomic E-state index is 8.42. The monoisotopic (exact) mass is 230 g/mol. The molecule has 1 rings (SSSR count). The molecule has 0 aliphatic rings. The van der Waals surface area contributed by atoms with Crippen molar-refractivity contribution in [1.82, 2.24) is 9.97 Å². The number of hydrogen-bond acceptors (Lipinski definition) is 4. The number of anilines is 1. The van der Waals surface area contributed by atoms with Crippen LogP contribution in [0.1, 0.15) is 6.42 Å². The van der Waals surface area contributed by atoms with Gasteiger partial charge in [0.15, 0.2) is 5.82 Å². The minimum absolute atomic E-state index is 0.146. The van der Waals surface area contributed by atoms with Crippen LogP contribution in [0, 0.1) is 11.3 Å². The first kappa shape index (κ1) is 11.0. The van der Waals surface area contributed by atoms with Gasteiger partial charge in [-0.25, -0.2) is 4.98 Å². The average Bonchev–Trinajstić information content (AvgIpc) is 2.18. The molecule has 0 saturated carbocycles. The van der Waals surface area contributed by atoms with Crippen LogP contribution in [0.3, 0.4) is 0 Å². The fourth-order valence-corrected chi connectivity index (χ4v) is 1.29. The number of halogens is 2. The second kappa shape index (κ2) is 4.99. The first-order chi connectivity index (χ1) is 6.65. The van der Waals surface area contributed by atoms with E-state index < -0.39 is 0 Å². The Labute approximate surface area is 92.1 Å². The van der Waals surface area contributed by atoms with E-state index >= 15 is 0 Å². The molecule has 6 heteroatoms. The summed E-state index contributed by atoms with van der Waals surface area (Å²) in [5.74, 6) is 0.543. The highest BCUT2D eigenvalue weighted by atomic mass is 35.5. The van der Waals surface area contributed by atoms with Crippen molar-refractivity contribution in [3.05, 3.63) is 16.5 Å². The van der Waals surface area contributed by atoms with E-state index in [9.17, 15) is 0 Å². The molecule has 0 atom stereocenters. The van der Waals surface area contributed by atoms with Gasteiger partial charge in [0.05, 0.1) is 18.7 Å². The Kier molecular flexibility index (Phi) is 3.93. The van der Waals surface area contributed by atoms with Gasteiger partial charge in [-0.1, -0.05) is 11.6 Å². The second-order valence-electron chi connectivity index (χ2n) is 2.64. The molecule has 0 unspecified atom stereocenters. The van der Waals surface area contributed by atoms with E-state index in [2.05, 4.69) is 9.97 Å². The lowest BCUT2D eigenvalue weighted by molar-refractivity contribution is 0.879. The molecule has 14 heavy (non-hydrogen) atoms. The van der Waals surface area contributed by atoms with Crippen molar-refractivity contribution in [1.29, 1.82) is 5.26 Å². The summed E-state index contributed by atoms with van der Waals surface area (Å²) in [6.45, 7) is 0.559. The highest BCUT2D eigenvalue weighted by molar-refractivity contribution is 6.33. The molecule has 1 aromatic rings. The molecule has 1 heterocycles. The maximum absolute atomic E-state index is 8.42. The molecule has 0 radical (unpaired) electrons. The van der Waals surface area contributed by atoms with Crippen LogP contribution in [0.2, 0.25) is 10.3 Å². The van der Waals surface area contributed by atoms with E-state index in [0.717, 1.165) is 0 Å². The first-order valence-electron chi connectivity index (χ1n) is 3.91. The number of rotatable bonds is 3. The fourth-order valence-electron chi connectivity index (χ4n) is 0.929. The van der Waals surface area contributed by atoms with Gasteiger partial charge in [0.1, 0.15) is 5.02 Å². The summed E-state index contributed by atoms with van der Waals surface area (Å²) < 4.78 is 0. The Morgan fingerprint density at radius 1 is 1.57 bits per heavy atom. The molecule has 0 bridgehead atoms. The van der Waals surface area contributed by atoms with Crippen molar-refractivity contribution >= 4 is 29.0 Å². The predicted molar refractivity (Wildman–Crippen MR) is 55.6 cm³/mol. The van der Waals surface area contributed by atoms with Gasteiger partial charge in [-0.05, 0) is 11.6 Å². The lowest BCUT2D eigenvalue weighted by atomic mass is 10.4. The van der Waals surface area contributed by atoms with E-state index in [1.807, 2.05) is 6.07 Å². The quantitative estimate of drug-likeness (QED) is 0.747. The number of aromatic nitrogens is 2. The van der Waals surface area contributed by atoms with Gasteiger partial charge < -0.3 is 4.90 Å². The lowest BCUT2D eigenvalue weighted by Gasteiger charge is -2.17. The third-order valence-corrected chi connectivity index (χ3v) is 2.07. The average molecular weight is 231 g/mol. The number of nitrogens with zero attached hydrogens (tertiary/aromatic N) is 4. The molecule has 0 aromatic carbocycles. The normalized spacial score (nSPS) is 9.57. The van der Waals surface area contributed by atoms with Crippen LogP contribution in [0.15, 0.2) is 6.20 Å². The minimum Gasteiger partial charge on any atom is -0.357 e. The van der Waals surface area contributed by atoms with E-state index in [1.54, 1.807) is 11.9 Å². The SMILES string of the molecule is CN(CCC#N)c1nc(Cl)ncc1Cl. The zero-order valence-electron chi connectivity index (χ0n) is 7.54. The largest absolute Gasteiger partial charge is 0.357 e. The molecule has 0 spiro atoms. The van der Waals surface area contributed by atoms with Crippen molar-refractivity contribution in [3.8, 4) is 6.07 Å². The smallest absolute Gasteiger partial charge is 0.224 e. The van der Waals surface area contributed by atoms with Crippen molar-refractivity contribution in [2.24, 2.45) is 0 Å². The van der Waals surface area contributed by atoms with Gasteiger partial charge in [-0.15, -0.1) is 0 Å². The van der Waals surface area contributed by atoms with Gasteiger partial charge >= 0.3 is 0 Å². The summed E-state index contributed by atoms with van der Waals surface area (Å²) in [6, 6.07) is 2.04. The fraction of sp³-hybridized carbons (Fsp3) is 0.375. The van der Waals surface area contributed by atoms with Crippen LogP contribution in [0.5, 0.6) is 0 Å². The zero-order chi connectivity index (χ0) is 10.6. The highest BCUT2D eigenvalue weighted by Crippen LogP contribution is 2.22. The predicted octanol–water partition coefficient (Wildman–Crippen LogP) is 2.13. The van der Waals surface area contributed by atoms with Crippen LogP contribution in [-0.4, -0.2) is 23.6 Å². The van der Waals surface area contributed by atoms with Crippen LogP contribution >= 0.6 is 23.2 Å². The van der Waals surface area contributed by atoms with Gasteiger partial charge in [-0.3, -0.25) is 0 Å². The third kappa shape index (κ3) is 2.72. The summed E-state index contributed by atoms with van der Waals surface area (Å²) in [5, 5.41) is 8.99. The summed E-state index contributed by atoms with van der Waals surface area (Å²) >= 11 is 11.5. The standard InChI is InChI=1S/C8H8Cl2N4/c1-14(4-2-3-11)7-6(9)5-12-8(10)13-7/h5H,2,4H2,1H3. The molecular formula is C8H8Cl2N4. The molecule has 74 valence electrons. The maximum Gasteiger partial charge on any atom is 0.224 e. The van der Waals surface area contributed by atoms with E-state index in [4.69, 9.17) is 28.5 Å². The highest BCUT2D eigenvalue weighted by Gasteiger charge is 2.08. The molecule has 0 amide bonds. The molecule has 0 aliphatic heterocycles. The zero-order valence-corrected chi connectivity index (χ0v) is 9.05. The van der Waals surface area contributed by atoms with Gasteiger partial charge in [0.25, 0.3) is 0 Å². The Hall–Kier alpha value is -1.05. The first-order valence-corrected chi connectivity index (χ1v) is 4.67. The van der Waals surface area contributed by atoms with Crippen molar-refractivity contribution < 1.29 is 0 Å². The van der Waals surface area contributed by atoms with Crippen molar-refractivity contribution in [3.63, 3.8) is 0 Å². The number of nitriles is 1. The molecule has 0 aliphatic carbocycles. The Morgan fingerprint density at radius 3 is 2.93 bits per heavy atom.